The molecule has 0 aliphatic heterocycles. The van der Waals surface area contributed by atoms with Crippen molar-refractivity contribution in [1.29, 1.82) is 0 Å². The molecule has 1 saturated carbocycles. The Morgan fingerprint density at radius 1 is 1.40 bits per heavy atom. The number of aliphatic hydroxyl groups is 1. The summed E-state index contributed by atoms with van der Waals surface area (Å²) in [6.45, 7) is 1.74. The third-order valence-corrected chi connectivity index (χ3v) is 2.99. The van der Waals surface area contributed by atoms with Gasteiger partial charge in [0.25, 0.3) is 0 Å². The van der Waals surface area contributed by atoms with E-state index in [2.05, 4.69) is 5.32 Å². The van der Waals surface area contributed by atoms with Gasteiger partial charge in [0.1, 0.15) is 5.82 Å². The van der Waals surface area contributed by atoms with Gasteiger partial charge in [0, 0.05) is 5.69 Å². The molecule has 1 aliphatic rings. The van der Waals surface area contributed by atoms with Gasteiger partial charge in [-0.25, -0.2) is 4.39 Å². The summed E-state index contributed by atoms with van der Waals surface area (Å²) in [7, 11) is 0. The third-order valence-electron chi connectivity index (χ3n) is 2.99. The Bertz CT molecular complexity index is 353. The van der Waals surface area contributed by atoms with Gasteiger partial charge in [-0.1, -0.05) is 0 Å². The first-order valence-electron chi connectivity index (χ1n) is 5.37. The molecule has 2 N–H and O–H groups in total. The lowest BCUT2D eigenvalue weighted by Crippen LogP contribution is -2.27. The van der Waals surface area contributed by atoms with E-state index in [1.807, 2.05) is 0 Å². The largest absolute Gasteiger partial charge is 0.391 e. The van der Waals surface area contributed by atoms with Gasteiger partial charge in [-0.15, -0.1) is 0 Å². The maximum absolute atomic E-state index is 13.0. The maximum Gasteiger partial charge on any atom is 0.126 e. The zero-order chi connectivity index (χ0) is 10.8. The molecule has 2 atom stereocenters. The van der Waals surface area contributed by atoms with Gasteiger partial charge in [0.05, 0.1) is 12.1 Å². The highest BCUT2D eigenvalue weighted by Gasteiger charge is 2.24. The number of hydrogen-bond acceptors (Lipinski definition) is 2. The molecule has 15 heavy (non-hydrogen) atoms. The lowest BCUT2D eigenvalue weighted by molar-refractivity contribution is 0.172. The van der Waals surface area contributed by atoms with Crippen molar-refractivity contribution in [3.8, 4) is 0 Å². The molecule has 2 nitrogen and oxygen atoms in total. The van der Waals surface area contributed by atoms with E-state index in [-0.39, 0.29) is 18.0 Å². The lowest BCUT2D eigenvalue weighted by Gasteiger charge is -2.18. The van der Waals surface area contributed by atoms with Gasteiger partial charge >= 0.3 is 0 Å². The molecule has 2 rings (SSSR count). The van der Waals surface area contributed by atoms with Gasteiger partial charge in [0.2, 0.25) is 0 Å². The molecule has 3 heteroatoms. The minimum Gasteiger partial charge on any atom is -0.391 e. The Morgan fingerprint density at radius 3 is 2.80 bits per heavy atom. The molecule has 1 aromatic rings. The molecule has 1 aliphatic carbocycles. The zero-order valence-corrected chi connectivity index (χ0v) is 8.83. The van der Waals surface area contributed by atoms with Crippen LogP contribution in [0.25, 0.3) is 0 Å². The number of anilines is 1. The fourth-order valence-corrected chi connectivity index (χ4v) is 2.06. The first-order valence-corrected chi connectivity index (χ1v) is 5.37. The van der Waals surface area contributed by atoms with Crippen LogP contribution in [-0.2, 0) is 0 Å². The molecular formula is C12H16FNO. The summed E-state index contributed by atoms with van der Waals surface area (Å²) in [5, 5.41) is 12.9. The highest BCUT2D eigenvalue weighted by Crippen LogP contribution is 2.23. The first-order chi connectivity index (χ1) is 7.16. The summed E-state index contributed by atoms with van der Waals surface area (Å²) in [6.07, 6.45) is 2.63. The van der Waals surface area contributed by atoms with Crippen molar-refractivity contribution in [1.82, 2.24) is 0 Å². The molecule has 0 saturated heterocycles. The van der Waals surface area contributed by atoms with E-state index < -0.39 is 0 Å². The van der Waals surface area contributed by atoms with Crippen molar-refractivity contribution in [3.63, 3.8) is 0 Å². The number of rotatable bonds is 2. The van der Waals surface area contributed by atoms with Gasteiger partial charge in [-0.05, 0) is 49.9 Å². The van der Waals surface area contributed by atoms with Crippen molar-refractivity contribution < 1.29 is 9.50 Å². The van der Waals surface area contributed by atoms with Crippen molar-refractivity contribution >= 4 is 5.69 Å². The highest BCUT2D eigenvalue weighted by atomic mass is 19.1. The lowest BCUT2D eigenvalue weighted by atomic mass is 10.1. The van der Waals surface area contributed by atoms with E-state index in [0.29, 0.717) is 5.56 Å². The van der Waals surface area contributed by atoms with Crippen LogP contribution in [0.2, 0.25) is 0 Å². The Kier molecular flexibility index (Phi) is 2.91. The SMILES string of the molecule is Cc1cc(N[C@H]2CCC[C@@H]2O)ccc1F. The van der Waals surface area contributed by atoms with Gasteiger partial charge < -0.3 is 10.4 Å². The second-order valence-corrected chi connectivity index (χ2v) is 4.21. The highest BCUT2D eigenvalue weighted by molar-refractivity contribution is 5.47. The third kappa shape index (κ3) is 2.29. The van der Waals surface area contributed by atoms with Crippen molar-refractivity contribution in [2.24, 2.45) is 0 Å². The smallest absolute Gasteiger partial charge is 0.126 e. The Hall–Kier alpha value is -1.09. The van der Waals surface area contributed by atoms with Crippen LogP contribution in [-0.4, -0.2) is 17.3 Å². The minimum absolute atomic E-state index is 0.120. The van der Waals surface area contributed by atoms with E-state index in [0.717, 1.165) is 24.9 Å². The molecule has 82 valence electrons. The number of nitrogens with one attached hydrogen (secondary N) is 1. The van der Waals surface area contributed by atoms with E-state index in [1.165, 1.54) is 6.07 Å². The Labute approximate surface area is 89.1 Å². The normalized spacial score (nSPS) is 25.5. The average molecular weight is 209 g/mol. The van der Waals surface area contributed by atoms with Crippen LogP contribution in [0.5, 0.6) is 0 Å². The Morgan fingerprint density at radius 2 is 2.20 bits per heavy atom. The molecule has 0 unspecified atom stereocenters. The quantitative estimate of drug-likeness (QED) is 0.784. The average Bonchev–Trinajstić information content (AvgIpc) is 2.59. The summed E-state index contributed by atoms with van der Waals surface area (Å²) in [5.41, 5.74) is 1.52. The van der Waals surface area contributed by atoms with Crippen LogP contribution >= 0.6 is 0 Å². The second-order valence-electron chi connectivity index (χ2n) is 4.21. The van der Waals surface area contributed by atoms with E-state index in [4.69, 9.17) is 0 Å². The van der Waals surface area contributed by atoms with Gasteiger partial charge in [-0.3, -0.25) is 0 Å². The predicted molar refractivity (Wildman–Crippen MR) is 58.4 cm³/mol. The molecule has 1 aromatic carbocycles. The maximum atomic E-state index is 13.0. The molecule has 0 spiro atoms. The van der Waals surface area contributed by atoms with E-state index >= 15 is 0 Å². The molecule has 0 bridgehead atoms. The molecule has 0 aromatic heterocycles. The summed E-state index contributed by atoms with van der Waals surface area (Å²) >= 11 is 0. The molecule has 0 radical (unpaired) electrons. The van der Waals surface area contributed by atoms with Crippen LogP contribution in [0.1, 0.15) is 24.8 Å². The topological polar surface area (TPSA) is 32.3 Å². The predicted octanol–water partition coefficient (Wildman–Crippen LogP) is 2.46. The molecular weight excluding hydrogens is 193 g/mol. The van der Waals surface area contributed by atoms with Crippen LogP contribution in [0, 0.1) is 12.7 Å². The van der Waals surface area contributed by atoms with Gasteiger partial charge in [0.15, 0.2) is 0 Å². The van der Waals surface area contributed by atoms with Crippen LogP contribution in [0.3, 0.4) is 0 Å². The number of aliphatic hydroxyl groups excluding tert-OH is 1. The summed E-state index contributed by atoms with van der Waals surface area (Å²) < 4.78 is 13.0. The van der Waals surface area contributed by atoms with E-state index in [1.54, 1.807) is 19.1 Å². The fourth-order valence-electron chi connectivity index (χ4n) is 2.06. The van der Waals surface area contributed by atoms with Crippen molar-refractivity contribution in [3.05, 3.63) is 29.6 Å². The molecule has 1 fully saturated rings. The standard InChI is InChI=1S/C12H16FNO/c1-8-7-9(5-6-10(8)13)14-11-3-2-4-12(11)15/h5-7,11-12,14-15H,2-4H2,1H3/t11-,12-/m0/s1. The summed E-state index contributed by atoms with van der Waals surface area (Å²) in [6, 6.07) is 5.07. The Balaban J connectivity index is 2.07. The first kappa shape index (κ1) is 10.4. The number of hydrogen-bond donors (Lipinski definition) is 2. The molecule has 0 heterocycles. The van der Waals surface area contributed by atoms with E-state index in [9.17, 15) is 9.50 Å². The molecule has 0 amide bonds. The fraction of sp³-hybridized carbons (Fsp3) is 0.500. The summed E-state index contributed by atoms with van der Waals surface area (Å²) in [5.74, 6) is -0.187. The van der Waals surface area contributed by atoms with Crippen LogP contribution < -0.4 is 5.32 Å². The van der Waals surface area contributed by atoms with Crippen LogP contribution in [0.15, 0.2) is 18.2 Å². The monoisotopic (exact) mass is 209 g/mol. The van der Waals surface area contributed by atoms with Crippen LogP contribution in [0.4, 0.5) is 10.1 Å². The second kappa shape index (κ2) is 4.19. The summed E-state index contributed by atoms with van der Waals surface area (Å²) in [4.78, 5) is 0. The minimum atomic E-state index is -0.268. The number of aryl methyl sites for hydroxylation is 1. The van der Waals surface area contributed by atoms with Crippen molar-refractivity contribution in [2.75, 3.05) is 5.32 Å². The van der Waals surface area contributed by atoms with Gasteiger partial charge in [-0.2, -0.15) is 0 Å². The number of benzene rings is 1. The van der Waals surface area contributed by atoms with Crippen molar-refractivity contribution in [2.45, 2.75) is 38.3 Å². The zero-order valence-electron chi connectivity index (χ0n) is 8.83. The number of halogens is 1.